The van der Waals surface area contributed by atoms with Crippen LogP contribution in [0, 0.1) is 0 Å². The summed E-state index contributed by atoms with van der Waals surface area (Å²) in [5.74, 6) is 1.58. The number of ether oxygens (including phenoxy) is 2. The third-order valence-electron chi connectivity index (χ3n) is 2.73. The van der Waals surface area contributed by atoms with Crippen LogP contribution >= 0.6 is 0 Å². The fourth-order valence-corrected chi connectivity index (χ4v) is 1.88. The van der Waals surface area contributed by atoms with Gasteiger partial charge < -0.3 is 20.1 Å². The second kappa shape index (κ2) is 6.31. The highest BCUT2D eigenvalue weighted by Gasteiger charge is 2.11. The van der Waals surface area contributed by atoms with Gasteiger partial charge in [-0.1, -0.05) is 6.07 Å². The van der Waals surface area contributed by atoms with Crippen molar-refractivity contribution >= 4 is 6.03 Å². The summed E-state index contributed by atoms with van der Waals surface area (Å²) in [5.41, 5.74) is 1.12. The van der Waals surface area contributed by atoms with Crippen molar-refractivity contribution < 1.29 is 14.3 Å². The van der Waals surface area contributed by atoms with Crippen molar-refractivity contribution in [1.29, 1.82) is 0 Å². The van der Waals surface area contributed by atoms with Gasteiger partial charge in [-0.25, -0.2) is 4.79 Å². The van der Waals surface area contributed by atoms with Crippen LogP contribution in [0.15, 0.2) is 18.2 Å². The molecule has 2 rings (SSSR count). The molecule has 0 radical (unpaired) electrons. The number of urea groups is 1. The van der Waals surface area contributed by atoms with Crippen molar-refractivity contribution in [2.75, 3.05) is 19.8 Å². The largest absolute Gasteiger partial charge is 0.486 e. The van der Waals surface area contributed by atoms with Crippen molar-refractivity contribution in [2.24, 2.45) is 0 Å². The first-order valence-electron chi connectivity index (χ1n) is 6.58. The quantitative estimate of drug-likeness (QED) is 0.870. The molecular weight excluding hydrogens is 244 g/mol. The molecule has 0 bridgehead atoms. The van der Waals surface area contributed by atoms with Crippen LogP contribution in [0.5, 0.6) is 11.5 Å². The minimum absolute atomic E-state index is 0.132. The van der Waals surface area contributed by atoms with Crippen molar-refractivity contribution in [2.45, 2.75) is 26.3 Å². The van der Waals surface area contributed by atoms with Crippen molar-refractivity contribution in [1.82, 2.24) is 10.6 Å². The van der Waals surface area contributed by atoms with Crippen LogP contribution in [0.4, 0.5) is 4.79 Å². The molecular formula is C14H20N2O3. The lowest BCUT2D eigenvalue weighted by Crippen LogP contribution is -2.40. The van der Waals surface area contributed by atoms with E-state index in [2.05, 4.69) is 10.6 Å². The van der Waals surface area contributed by atoms with Crippen LogP contribution in [-0.2, 0) is 6.42 Å². The Morgan fingerprint density at radius 1 is 1.26 bits per heavy atom. The summed E-state index contributed by atoms with van der Waals surface area (Å²) >= 11 is 0. The minimum Gasteiger partial charge on any atom is -0.486 e. The van der Waals surface area contributed by atoms with Gasteiger partial charge in [0, 0.05) is 12.6 Å². The van der Waals surface area contributed by atoms with Gasteiger partial charge in [-0.3, -0.25) is 0 Å². The van der Waals surface area contributed by atoms with Gasteiger partial charge in [0.1, 0.15) is 13.2 Å². The van der Waals surface area contributed by atoms with E-state index < -0.39 is 0 Å². The maximum atomic E-state index is 11.4. The smallest absolute Gasteiger partial charge is 0.314 e. The Balaban J connectivity index is 1.81. The molecule has 0 saturated heterocycles. The zero-order chi connectivity index (χ0) is 13.7. The third kappa shape index (κ3) is 4.05. The fraction of sp³-hybridized carbons (Fsp3) is 0.500. The Labute approximate surface area is 113 Å². The van der Waals surface area contributed by atoms with E-state index in [4.69, 9.17) is 9.47 Å². The predicted molar refractivity (Wildman–Crippen MR) is 72.8 cm³/mol. The molecule has 5 nitrogen and oxygen atoms in total. The van der Waals surface area contributed by atoms with E-state index >= 15 is 0 Å². The van der Waals surface area contributed by atoms with Crippen molar-refractivity contribution in [3.8, 4) is 11.5 Å². The molecule has 0 spiro atoms. The van der Waals surface area contributed by atoms with E-state index in [0.29, 0.717) is 19.8 Å². The molecule has 5 heteroatoms. The number of hydrogen-bond acceptors (Lipinski definition) is 3. The number of benzene rings is 1. The van der Waals surface area contributed by atoms with Crippen LogP contribution < -0.4 is 20.1 Å². The molecule has 2 N–H and O–H groups in total. The second-order valence-corrected chi connectivity index (χ2v) is 4.78. The first-order valence-corrected chi connectivity index (χ1v) is 6.58. The molecule has 0 atom stereocenters. The first-order chi connectivity index (χ1) is 9.15. The SMILES string of the molecule is CC(C)NC(=O)NCCc1ccc2c(c1)OCCO2. The summed E-state index contributed by atoms with van der Waals surface area (Å²) in [4.78, 5) is 11.4. The van der Waals surface area contributed by atoms with Crippen LogP contribution in [-0.4, -0.2) is 31.8 Å². The van der Waals surface area contributed by atoms with Crippen LogP contribution in [0.1, 0.15) is 19.4 Å². The molecule has 104 valence electrons. The lowest BCUT2D eigenvalue weighted by molar-refractivity contribution is 0.171. The number of rotatable bonds is 4. The summed E-state index contributed by atoms with van der Waals surface area (Å²) in [7, 11) is 0. The van der Waals surface area contributed by atoms with Gasteiger partial charge in [0.05, 0.1) is 0 Å². The van der Waals surface area contributed by atoms with E-state index in [1.165, 1.54) is 0 Å². The molecule has 0 fully saturated rings. The summed E-state index contributed by atoms with van der Waals surface area (Å²) in [5, 5.41) is 5.60. The van der Waals surface area contributed by atoms with Gasteiger partial charge in [-0.15, -0.1) is 0 Å². The Morgan fingerprint density at radius 2 is 2.00 bits per heavy atom. The highest BCUT2D eigenvalue weighted by atomic mass is 16.6. The number of carbonyl (C=O) groups excluding carboxylic acids is 1. The van der Waals surface area contributed by atoms with Gasteiger partial charge in [-0.05, 0) is 38.0 Å². The number of nitrogens with one attached hydrogen (secondary N) is 2. The molecule has 19 heavy (non-hydrogen) atoms. The summed E-state index contributed by atoms with van der Waals surface area (Å²) in [6.45, 7) is 5.65. The molecule has 0 aromatic heterocycles. The zero-order valence-electron chi connectivity index (χ0n) is 11.4. The Kier molecular flexibility index (Phi) is 4.49. The number of hydrogen-bond donors (Lipinski definition) is 2. The highest BCUT2D eigenvalue weighted by molar-refractivity contribution is 5.74. The maximum Gasteiger partial charge on any atom is 0.314 e. The first kappa shape index (κ1) is 13.5. The number of carbonyl (C=O) groups is 1. The number of amides is 2. The van der Waals surface area contributed by atoms with Crippen LogP contribution in [0.2, 0.25) is 0 Å². The average Bonchev–Trinajstić information content (AvgIpc) is 2.37. The van der Waals surface area contributed by atoms with Crippen molar-refractivity contribution in [3.05, 3.63) is 23.8 Å². The van der Waals surface area contributed by atoms with E-state index in [0.717, 1.165) is 23.5 Å². The molecule has 0 unspecified atom stereocenters. The van der Waals surface area contributed by atoms with Crippen LogP contribution in [0.3, 0.4) is 0 Å². The Hall–Kier alpha value is -1.91. The molecule has 2 amide bonds. The molecule has 1 aromatic rings. The third-order valence-corrected chi connectivity index (χ3v) is 2.73. The Bertz CT molecular complexity index is 446. The zero-order valence-corrected chi connectivity index (χ0v) is 11.4. The monoisotopic (exact) mass is 264 g/mol. The summed E-state index contributed by atoms with van der Waals surface area (Å²) in [6.07, 6.45) is 0.766. The molecule has 1 aliphatic heterocycles. The van der Waals surface area contributed by atoms with Gasteiger partial charge in [-0.2, -0.15) is 0 Å². The summed E-state index contributed by atoms with van der Waals surface area (Å²) < 4.78 is 11.0. The maximum absolute atomic E-state index is 11.4. The predicted octanol–water partition coefficient (Wildman–Crippen LogP) is 1.71. The van der Waals surface area contributed by atoms with Gasteiger partial charge >= 0.3 is 6.03 Å². The van der Waals surface area contributed by atoms with Gasteiger partial charge in [0.25, 0.3) is 0 Å². The summed E-state index contributed by atoms with van der Waals surface area (Å²) in [6, 6.07) is 5.89. The molecule has 1 aromatic carbocycles. The number of fused-ring (bicyclic) bond motifs is 1. The fourth-order valence-electron chi connectivity index (χ4n) is 1.88. The van der Waals surface area contributed by atoms with Crippen molar-refractivity contribution in [3.63, 3.8) is 0 Å². The lowest BCUT2D eigenvalue weighted by atomic mass is 10.1. The topological polar surface area (TPSA) is 59.6 Å². The lowest BCUT2D eigenvalue weighted by Gasteiger charge is -2.19. The van der Waals surface area contributed by atoms with Gasteiger partial charge in [0.15, 0.2) is 11.5 Å². The molecule has 0 aliphatic carbocycles. The Morgan fingerprint density at radius 3 is 2.74 bits per heavy atom. The van der Waals surface area contributed by atoms with E-state index in [1.54, 1.807) is 0 Å². The van der Waals surface area contributed by atoms with E-state index in [9.17, 15) is 4.79 Å². The molecule has 1 aliphatic rings. The average molecular weight is 264 g/mol. The molecule has 0 saturated carbocycles. The minimum atomic E-state index is -0.132. The van der Waals surface area contributed by atoms with Gasteiger partial charge in [0.2, 0.25) is 0 Å². The van der Waals surface area contributed by atoms with E-state index in [1.807, 2.05) is 32.0 Å². The highest BCUT2D eigenvalue weighted by Crippen LogP contribution is 2.30. The van der Waals surface area contributed by atoms with E-state index in [-0.39, 0.29) is 12.1 Å². The molecule has 1 heterocycles. The van der Waals surface area contributed by atoms with Crippen LogP contribution in [0.25, 0.3) is 0 Å². The standard InChI is InChI=1S/C14H20N2O3/c1-10(2)16-14(17)15-6-5-11-3-4-12-13(9-11)19-8-7-18-12/h3-4,9-10H,5-8H2,1-2H3,(H2,15,16,17). The second-order valence-electron chi connectivity index (χ2n) is 4.78. The normalized spacial score (nSPS) is 13.2.